The summed E-state index contributed by atoms with van der Waals surface area (Å²) in [7, 11) is 0. The number of rotatable bonds is 11. The lowest BCUT2D eigenvalue weighted by atomic mass is 9.95. The third kappa shape index (κ3) is 8.27. The summed E-state index contributed by atoms with van der Waals surface area (Å²) < 4.78 is 42.5. The normalized spacial score (nSPS) is 11.7. The van der Waals surface area contributed by atoms with Gasteiger partial charge in [-0.05, 0) is 73.1 Å². The Bertz CT molecular complexity index is 1390. The average Bonchev–Trinajstić information content (AvgIpc) is 3.36. The van der Waals surface area contributed by atoms with Crippen LogP contribution in [-0.2, 0) is 17.6 Å². The van der Waals surface area contributed by atoms with Crippen molar-refractivity contribution in [1.82, 2.24) is 14.8 Å². The maximum atomic E-state index is 12.5. The van der Waals surface area contributed by atoms with Gasteiger partial charge < -0.3 is 4.74 Å². The average molecular weight is 536 g/mol. The number of Topliss-reactive ketones (excluding diaryl/α,β-unsaturated/α-hetero) is 1. The van der Waals surface area contributed by atoms with Gasteiger partial charge in [-0.1, -0.05) is 61.9 Å². The Labute approximate surface area is 226 Å². The largest absolute Gasteiger partial charge is 0.573 e. The van der Waals surface area contributed by atoms with Crippen molar-refractivity contribution in [2.45, 2.75) is 65.2 Å². The molecular weight excluding hydrogens is 503 g/mol. The highest BCUT2D eigenvalue weighted by molar-refractivity contribution is 5.80. The number of carbonyl (C=O) groups excluding carboxylic acids is 1. The molecule has 0 radical (unpaired) electrons. The van der Waals surface area contributed by atoms with Gasteiger partial charge >= 0.3 is 6.36 Å². The molecule has 0 unspecified atom stereocenters. The number of aryl methyl sites for hydroxylation is 2. The fraction of sp³-hybridized carbons (Fsp3) is 0.323. The molecule has 8 heteroatoms. The van der Waals surface area contributed by atoms with Crippen LogP contribution >= 0.6 is 0 Å². The number of ether oxygens (including phenoxy) is 1. The van der Waals surface area contributed by atoms with Crippen molar-refractivity contribution < 1.29 is 22.7 Å². The van der Waals surface area contributed by atoms with Gasteiger partial charge in [-0.3, -0.25) is 4.79 Å². The van der Waals surface area contributed by atoms with Crippen molar-refractivity contribution in [2.24, 2.45) is 0 Å². The zero-order valence-electron chi connectivity index (χ0n) is 22.3. The van der Waals surface area contributed by atoms with Gasteiger partial charge in [0.15, 0.2) is 5.82 Å². The zero-order chi connectivity index (χ0) is 28.0. The van der Waals surface area contributed by atoms with E-state index in [0.717, 1.165) is 30.4 Å². The SMILES string of the molecule is Cc1cc(CC(=O)CCCCc2ccc(-c3ncn(-c4ccc(OC(F)(F)F)cc4)n3)cc2)cc(C(C)C)c1. The van der Waals surface area contributed by atoms with Crippen LogP contribution in [0, 0.1) is 6.92 Å². The number of hydrogen-bond donors (Lipinski definition) is 0. The van der Waals surface area contributed by atoms with E-state index < -0.39 is 6.36 Å². The van der Waals surface area contributed by atoms with Gasteiger partial charge in [0.1, 0.15) is 17.9 Å². The molecule has 0 amide bonds. The third-order valence-electron chi connectivity index (χ3n) is 6.44. The molecule has 0 spiro atoms. The molecule has 0 aliphatic rings. The zero-order valence-corrected chi connectivity index (χ0v) is 22.3. The molecule has 0 atom stereocenters. The number of ketones is 1. The van der Waals surface area contributed by atoms with Crippen LogP contribution in [0.15, 0.2) is 73.1 Å². The Morgan fingerprint density at radius 3 is 2.33 bits per heavy atom. The van der Waals surface area contributed by atoms with Crippen molar-refractivity contribution in [3.63, 3.8) is 0 Å². The number of nitrogens with zero attached hydrogens (tertiary/aromatic N) is 3. The first-order valence-corrected chi connectivity index (χ1v) is 13.0. The topological polar surface area (TPSA) is 57.0 Å². The van der Waals surface area contributed by atoms with Crippen molar-refractivity contribution >= 4 is 5.78 Å². The first-order chi connectivity index (χ1) is 18.6. The minimum absolute atomic E-state index is 0.273. The van der Waals surface area contributed by atoms with Crippen LogP contribution < -0.4 is 4.74 Å². The molecule has 0 saturated carbocycles. The molecule has 4 rings (SSSR count). The first-order valence-electron chi connectivity index (χ1n) is 13.0. The van der Waals surface area contributed by atoms with Gasteiger partial charge in [-0.15, -0.1) is 18.3 Å². The van der Waals surface area contributed by atoms with Crippen molar-refractivity contribution in [3.05, 3.63) is 95.3 Å². The summed E-state index contributed by atoms with van der Waals surface area (Å²) in [6, 6.07) is 19.8. The molecule has 0 aliphatic carbocycles. The Morgan fingerprint density at radius 2 is 1.67 bits per heavy atom. The van der Waals surface area contributed by atoms with Crippen LogP contribution in [0.25, 0.3) is 17.1 Å². The van der Waals surface area contributed by atoms with Gasteiger partial charge in [0, 0.05) is 18.4 Å². The van der Waals surface area contributed by atoms with E-state index >= 15 is 0 Å². The summed E-state index contributed by atoms with van der Waals surface area (Å²) in [5.41, 5.74) is 6.15. The van der Waals surface area contributed by atoms with Gasteiger partial charge in [-0.25, -0.2) is 9.67 Å². The maximum Gasteiger partial charge on any atom is 0.573 e. The van der Waals surface area contributed by atoms with Crippen molar-refractivity contribution in [1.29, 1.82) is 0 Å². The van der Waals surface area contributed by atoms with Crippen LogP contribution in [0.3, 0.4) is 0 Å². The third-order valence-corrected chi connectivity index (χ3v) is 6.44. The number of halogens is 3. The molecule has 39 heavy (non-hydrogen) atoms. The van der Waals surface area contributed by atoms with Gasteiger partial charge in [0.2, 0.25) is 0 Å². The van der Waals surface area contributed by atoms with E-state index in [0.29, 0.717) is 30.3 Å². The number of carbonyl (C=O) groups is 1. The lowest BCUT2D eigenvalue weighted by Crippen LogP contribution is -2.17. The number of unbranched alkanes of at least 4 members (excludes halogenated alkanes) is 1. The highest BCUT2D eigenvalue weighted by Crippen LogP contribution is 2.24. The maximum absolute atomic E-state index is 12.5. The lowest BCUT2D eigenvalue weighted by Gasteiger charge is -2.10. The van der Waals surface area contributed by atoms with E-state index in [9.17, 15) is 18.0 Å². The fourth-order valence-electron chi connectivity index (χ4n) is 4.44. The van der Waals surface area contributed by atoms with E-state index in [1.807, 2.05) is 24.3 Å². The van der Waals surface area contributed by atoms with E-state index in [1.165, 1.54) is 52.0 Å². The first kappa shape index (κ1) is 28.1. The number of alkyl halides is 3. The predicted octanol–water partition coefficient (Wildman–Crippen LogP) is 7.79. The molecule has 0 saturated heterocycles. The highest BCUT2D eigenvalue weighted by atomic mass is 19.4. The van der Waals surface area contributed by atoms with Gasteiger partial charge in [0.05, 0.1) is 5.69 Å². The van der Waals surface area contributed by atoms with E-state index in [2.05, 4.69) is 53.8 Å². The highest BCUT2D eigenvalue weighted by Gasteiger charge is 2.31. The molecule has 0 aliphatic heterocycles. The Balaban J connectivity index is 1.25. The molecule has 204 valence electrons. The van der Waals surface area contributed by atoms with E-state index in [1.54, 1.807) is 0 Å². The quantitative estimate of drug-likeness (QED) is 0.184. The molecule has 0 fully saturated rings. The number of hydrogen-bond acceptors (Lipinski definition) is 4. The Hall–Kier alpha value is -3.94. The van der Waals surface area contributed by atoms with Crippen LogP contribution in [0.2, 0.25) is 0 Å². The summed E-state index contributed by atoms with van der Waals surface area (Å²) in [5.74, 6) is 0.937. The molecule has 0 bridgehead atoms. The van der Waals surface area contributed by atoms with Crippen LogP contribution in [0.1, 0.15) is 61.3 Å². The summed E-state index contributed by atoms with van der Waals surface area (Å²) in [6.07, 6.45) is 0.503. The lowest BCUT2D eigenvalue weighted by molar-refractivity contribution is -0.274. The number of aromatic nitrogens is 3. The molecule has 0 N–H and O–H groups in total. The number of benzene rings is 3. The summed E-state index contributed by atoms with van der Waals surface area (Å²) in [6.45, 7) is 6.41. The summed E-state index contributed by atoms with van der Waals surface area (Å²) in [5, 5.41) is 4.44. The minimum atomic E-state index is -4.73. The van der Waals surface area contributed by atoms with Crippen LogP contribution in [0.4, 0.5) is 13.2 Å². The predicted molar refractivity (Wildman–Crippen MR) is 145 cm³/mol. The van der Waals surface area contributed by atoms with Crippen molar-refractivity contribution in [2.75, 3.05) is 0 Å². The van der Waals surface area contributed by atoms with Gasteiger partial charge in [-0.2, -0.15) is 0 Å². The molecule has 1 aromatic heterocycles. The fourth-order valence-corrected chi connectivity index (χ4v) is 4.44. The molecular formula is C31H32F3N3O2. The van der Waals surface area contributed by atoms with Crippen LogP contribution in [-0.4, -0.2) is 26.9 Å². The second kappa shape index (κ2) is 12.3. The summed E-state index contributed by atoms with van der Waals surface area (Å²) in [4.78, 5) is 16.9. The minimum Gasteiger partial charge on any atom is -0.406 e. The Morgan fingerprint density at radius 1 is 0.949 bits per heavy atom. The smallest absolute Gasteiger partial charge is 0.406 e. The van der Waals surface area contributed by atoms with Gasteiger partial charge in [0.25, 0.3) is 0 Å². The second-order valence-electron chi connectivity index (χ2n) is 10.1. The standard InChI is InChI=1S/C31H32F3N3O2/c1-21(2)26-17-22(3)16-24(18-26)19-28(38)7-5-4-6-23-8-10-25(11-9-23)30-35-20-37(36-30)27-12-14-29(15-13-27)39-31(32,33)34/h8-18,20-21H,4-7,19H2,1-3H3. The summed E-state index contributed by atoms with van der Waals surface area (Å²) >= 11 is 0. The molecule has 4 aromatic rings. The van der Waals surface area contributed by atoms with E-state index in [4.69, 9.17) is 0 Å². The monoisotopic (exact) mass is 535 g/mol. The molecule has 1 heterocycles. The second-order valence-corrected chi connectivity index (χ2v) is 10.1. The Kier molecular flexibility index (Phi) is 8.84. The van der Waals surface area contributed by atoms with Crippen molar-refractivity contribution in [3.8, 4) is 22.8 Å². The van der Waals surface area contributed by atoms with Crippen LogP contribution in [0.5, 0.6) is 5.75 Å². The molecule has 5 nitrogen and oxygen atoms in total. The van der Waals surface area contributed by atoms with E-state index in [-0.39, 0.29) is 11.5 Å². The molecule has 3 aromatic carbocycles.